The maximum atomic E-state index is 10.8. The number of hydrogen-bond acceptors (Lipinski definition) is 3. The number of rotatable bonds is 6. The van der Waals surface area contributed by atoms with E-state index in [-0.39, 0.29) is 11.5 Å². The highest BCUT2D eigenvalue weighted by molar-refractivity contribution is 6.74. The zero-order valence-electron chi connectivity index (χ0n) is 15.0. The van der Waals surface area contributed by atoms with E-state index < -0.39 is 14.3 Å². The highest BCUT2D eigenvalue weighted by Crippen LogP contribution is 2.37. The van der Waals surface area contributed by atoms with Crippen molar-refractivity contribution in [1.82, 2.24) is 9.78 Å². The first-order valence-corrected chi connectivity index (χ1v) is 11.0. The van der Waals surface area contributed by atoms with Crippen LogP contribution in [0.3, 0.4) is 0 Å². The quantitative estimate of drug-likeness (QED) is 0.802. The number of nitrogens with zero attached hydrogens (tertiary/aromatic N) is 2. The van der Waals surface area contributed by atoms with Crippen LogP contribution in [-0.2, 0) is 22.2 Å². The number of carboxylic acids is 1. The summed E-state index contributed by atoms with van der Waals surface area (Å²) in [6.45, 7) is 11.7. The zero-order chi connectivity index (χ0) is 18.0. The molecule has 1 N–H and O–H groups in total. The Hall–Kier alpha value is -1.92. The highest BCUT2D eigenvalue weighted by atomic mass is 28.4. The summed E-state index contributed by atoms with van der Waals surface area (Å²) in [5.41, 5.74) is 2.54. The molecular formula is C18H26N2O3Si. The largest absolute Gasteiger partial charge is 0.481 e. The van der Waals surface area contributed by atoms with Crippen LogP contribution in [0.4, 0.5) is 0 Å². The van der Waals surface area contributed by atoms with Gasteiger partial charge in [-0.15, -0.1) is 0 Å². The average molecular weight is 347 g/mol. The fourth-order valence-electron chi connectivity index (χ4n) is 2.02. The molecular weight excluding hydrogens is 320 g/mol. The lowest BCUT2D eigenvalue weighted by atomic mass is 10.2. The van der Waals surface area contributed by atoms with Gasteiger partial charge in [0.25, 0.3) is 0 Å². The van der Waals surface area contributed by atoms with E-state index in [1.807, 2.05) is 24.3 Å². The van der Waals surface area contributed by atoms with E-state index in [0.717, 1.165) is 11.3 Å². The van der Waals surface area contributed by atoms with Crippen molar-refractivity contribution in [1.29, 1.82) is 0 Å². The number of aromatic nitrogens is 2. The van der Waals surface area contributed by atoms with Gasteiger partial charge >= 0.3 is 5.97 Å². The maximum Gasteiger partial charge on any atom is 0.309 e. The van der Waals surface area contributed by atoms with Crippen LogP contribution in [0.5, 0.6) is 0 Å². The molecule has 0 saturated heterocycles. The van der Waals surface area contributed by atoms with Crippen LogP contribution in [-0.4, -0.2) is 29.2 Å². The van der Waals surface area contributed by atoms with Crippen molar-refractivity contribution in [3.63, 3.8) is 0 Å². The Morgan fingerprint density at radius 2 is 2.00 bits per heavy atom. The molecule has 0 aliphatic carbocycles. The molecule has 0 aliphatic heterocycles. The molecule has 130 valence electrons. The molecule has 5 nitrogen and oxygen atoms in total. The van der Waals surface area contributed by atoms with Gasteiger partial charge in [-0.25, -0.2) is 4.68 Å². The van der Waals surface area contributed by atoms with Crippen molar-refractivity contribution in [3.8, 4) is 5.69 Å². The third-order valence-corrected chi connectivity index (χ3v) is 9.04. The summed E-state index contributed by atoms with van der Waals surface area (Å²) < 4.78 is 7.96. The molecule has 6 heteroatoms. The summed E-state index contributed by atoms with van der Waals surface area (Å²) >= 11 is 0. The second-order valence-electron chi connectivity index (χ2n) is 7.54. The van der Waals surface area contributed by atoms with Crippen molar-refractivity contribution < 1.29 is 14.3 Å². The third kappa shape index (κ3) is 4.55. The predicted molar refractivity (Wildman–Crippen MR) is 96.9 cm³/mol. The van der Waals surface area contributed by atoms with E-state index in [0.29, 0.717) is 12.3 Å². The van der Waals surface area contributed by atoms with E-state index in [4.69, 9.17) is 9.53 Å². The molecule has 0 atom stereocenters. The first kappa shape index (κ1) is 18.4. The molecule has 0 unspecified atom stereocenters. The van der Waals surface area contributed by atoms with Gasteiger partial charge < -0.3 is 9.53 Å². The molecule has 24 heavy (non-hydrogen) atoms. The molecule has 0 amide bonds. The van der Waals surface area contributed by atoms with Gasteiger partial charge in [-0.1, -0.05) is 32.9 Å². The second kappa shape index (κ2) is 6.90. The molecule has 0 spiro atoms. The number of hydrogen-bond donors (Lipinski definition) is 1. The first-order valence-electron chi connectivity index (χ1n) is 8.08. The van der Waals surface area contributed by atoms with E-state index in [1.165, 1.54) is 0 Å². The molecule has 2 rings (SSSR count). The van der Waals surface area contributed by atoms with E-state index >= 15 is 0 Å². The van der Waals surface area contributed by atoms with E-state index in [2.05, 4.69) is 39.0 Å². The fourth-order valence-corrected chi connectivity index (χ4v) is 2.98. The first-order chi connectivity index (χ1) is 11.1. The minimum atomic E-state index is -1.79. The second-order valence-corrected chi connectivity index (χ2v) is 12.4. The van der Waals surface area contributed by atoms with Crippen LogP contribution in [0, 0.1) is 0 Å². The lowest BCUT2D eigenvalue weighted by molar-refractivity contribution is -0.136. The molecule has 0 fully saturated rings. The summed E-state index contributed by atoms with van der Waals surface area (Å²) in [4.78, 5) is 10.8. The molecule has 0 radical (unpaired) electrons. The van der Waals surface area contributed by atoms with Crippen LogP contribution in [0.1, 0.15) is 32.0 Å². The number of carbonyl (C=O) groups is 1. The molecule has 2 aromatic rings. The number of benzene rings is 1. The lowest BCUT2D eigenvalue weighted by Gasteiger charge is -2.36. The molecule has 0 aliphatic rings. The SMILES string of the molecule is CC(C)(C)[Si](C)(C)OCc1cccc(-n2ccc(CC(=O)O)n2)c1. The normalized spacial score (nSPS) is 12.4. The third-order valence-electron chi connectivity index (χ3n) is 4.56. The minimum Gasteiger partial charge on any atom is -0.481 e. The van der Waals surface area contributed by atoms with Gasteiger partial charge in [-0.05, 0) is 41.9 Å². The van der Waals surface area contributed by atoms with Crippen LogP contribution >= 0.6 is 0 Å². The average Bonchev–Trinajstić information content (AvgIpc) is 2.92. The van der Waals surface area contributed by atoms with Gasteiger partial charge in [0.15, 0.2) is 8.32 Å². The Labute approximate surface area is 144 Å². The van der Waals surface area contributed by atoms with E-state index in [9.17, 15) is 4.79 Å². The Morgan fingerprint density at radius 3 is 2.62 bits per heavy atom. The van der Waals surface area contributed by atoms with Gasteiger partial charge in [0.05, 0.1) is 24.4 Å². The topological polar surface area (TPSA) is 64.3 Å². The Kier molecular flexibility index (Phi) is 5.30. The van der Waals surface area contributed by atoms with Crippen LogP contribution in [0.25, 0.3) is 5.69 Å². The Morgan fingerprint density at radius 1 is 1.29 bits per heavy atom. The number of aliphatic carboxylic acids is 1. The summed E-state index contributed by atoms with van der Waals surface area (Å²) in [6.07, 6.45) is 1.72. The summed E-state index contributed by atoms with van der Waals surface area (Å²) in [7, 11) is -1.79. The monoisotopic (exact) mass is 346 g/mol. The summed E-state index contributed by atoms with van der Waals surface area (Å²) in [5, 5.41) is 13.3. The van der Waals surface area contributed by atoms with Crippen LogP contribution in [0.2, 0.25) is 18.1 Å². The minimum absolute atomic E-state index is 0.0683. The summed E-state index contributed by atoms with van der Waals surface area (Å²) in [6, 6.07) is 9.72. The highest BCUT2D eigenvalue weighted by Gasteiger charge is 2.36. The smallest absolute Gasteiger partial charge is 0.309 e. The predicted octanol–water partition coefficient (Wildman–Crippen LogP) is 4.02. The fraction of sp³-hybridized carbons (Fsp3) is 0.444. The summed E-state index contributed by atoms with van der Waals surface area (Å²) in [5.74, 6) is -0.878. The van der Waals surface area contributed by atoms with Crippen molar-refractivity contribution in [3.05, 3.63) is 47.8 Å². The van der Waals surface area contributed by atoms with Crippen molar-refractivity contribution in [2.45, 2.75) is 51.9 Å². The molecule has 0 bridgehead atoms. The van der Waals surface area contributed by atoms with Gasteiger partial charge in [-0.3, -0.25) is 4.79 Å². The molecule has 1 heterocycles. The van der Waals surface area contributed by atoms with Crippen molar-refractivity contribution >= 4 is 14.3 Å². The Bertz CT molecular complexity index is 717. The standard InChI is InChI=1S/C18H26N2O3Si/c1-18(2,3)24(4,5)23-13-14-7-6-8-16(11-14)20-10-9-15(19-20)12-17(21)22/h6-11H,12-13H2,1-5H3,(H,21,22). The lowest BCUT2D eigenvalue weighted by Crippen LogP contribution is -2.40. The Balaban J connectivity index is 2.12. The van der Waals surface area contributed by atoms with Crippen LogP contribution < -0.4 is 0 Å². The van der Waals surface area contributed by atoms with E-state index in [1.54, 1.807) is 16.9 Å². The van der Waals surface area contributed by atoms with Gasteiger partial charge in [0.1, 0.15) is 0 Å². The molecule has 1 aromatic heterocycles. The zero-order valence-corrected chi connectivity index (χ0v) is 16.0. The van der Waals surface area contributed by atoms with Gasteiger partial charge in [-0.2, -0.15) is 5.10 Å². The van der Waals surface area contributed by atoms with Crippen molar-refractivity contribution in [2.24, 2.45) is 0 Å². The van der Waals surface area contributed by atoms with Gasteiger partial charge in [0.2, 0.25) is 0 Å². The van der Waals surface area contributed by atoms with Gasteiger partial charge in [0, 0.05) is 6.20 Å². The van der Waals surface area contributed by atoms with Crippen LogP contribution in [0.15, 0.2) is 36.5 Å². The maximum absolute atomic E-state index is 10.8. The molecule has 0 saturated carbocycles. The van der Waals surface area contributed by atoms with Crippen molar-refractivity contribution in [2.75, 3.05) is 0 Å². The molecule has 1 aromatic carbocycles. The number of carboxylic acid groups (broad SMARTS) is 1.